The number of hydrogen-bond acceptors (Lipinski definition) is 5. The third-order valence-corrected chi connectivity index (χ3v) is 6.95. The number of nitrogens with one attached hydrogen (secondary N) is 1. The van der Waals surface area contributed by atoms with Crippen molar-refractivity contribution in [1.82, 2.24) is 9.88 Å². The molecule has 8 nitrogen and oxygen atoms in total. The monoisotopic (exact) mass is 457 g/mol. The number of rotatable bonds is 4. The molecule has 33 heavy (non-hydrogen) atoms. The number of carboxylic acids is 1. The summed E-state index contributed by atoms with van der Waals surface area (Å²) in [7, 11) is 0. The van der Waals surface area contributed by atoms with E-state index in [4.69, 9.17) is 4.74 Å². The van der Waals surface area contributed by atoms with Crippen molar-refractivity contribution in [3.63, 3.8) is 0 Å². The lowest BCUT2D eigenvalue weighted by molar-refractivity contribution is 0.0516. The molecule has 9 heteroatoms. The number of halogens is 1. The number of ether oxygens (including phenoxy) is 1. The van der Waals surface area contributed by atoms with Crippen LogP contribution in [0, 0.1) is 17.7 Å². The Morgan fingerprint density at radius 2 is 1.94 bits per heavy atom. The second-order valence-electron chi connectivity index (χ2n) is 10.4. The predicted molar refractivity (Wildman–Crippen MR) is 120 cm³/mol. The molecule has 1 amide bonds. The first-order chi connectivity index (χ1) is 15.5. The molecular weight excluding hydrogens is 429 g/mol. The minimum absolute atomic E-state index is 0.00242. The Kier molecular flexibility index (Phi) is 4.74. The van der Waals surface area contributed by atoms with E-state index in [1.807, 2.05) is 32.6 Å². The summed E-state index contributed by atoms with van der Waals surface area (Å²) >= 11 is 0. The van der Waals surface area contributed by atoms with Gasteiger partial charge in [0, 0.05) is 48.1 Å². The van der Waals surface area contributed by atoms with Crippen LogP contribution in [0.3, 0.4) is 0 Å². The van der Waals surface area contributed by atoms with Gasteiger partial charge in [0.1, 0.15) is 17.0 Å². The standard InChI is InChI=1S/C24H28FN3O5/c1-11-19-14(20(19)26-23(32)33-24(2,3)4)9-27(11)18-8-17-13(7-16(18)25)21(29)15(22(30)31)10-28(17)12-5-6-12/h7-8,10-12,14,19-20H,5-6,9H2,1-4H3,(H,26,32)(H,30,31). The highest BCUT2D eigenvalue weighted by Gasteiger charge is 2.61. The Labute approximate surface area is 190 Å². The molecule has 2 aliphatic carbocycles. The predicted octanol–water partition coefficient (Wildman–Crippen LogP) is 3.52. The van der Waals surface area contributed by atoms with Gasteiger partial charge in [0.05, 0.1) is 11.2 Å². The third kappa shape index (κ3) is 3.73. The van der Waals surface area contributed by atoms with E-state index in [-0.39, 0.29) is 40.9 Å². The quantitative estimate of drug-likeness (QED) is 0.729. The van der Waals surface area contributed by atoms with Crippen LogP contribution >= 0.6 is 0 Å². The highest BCUT2D eigenvalue weighted by Crippen LogP contribution is 2.51. The van der Waals surface area contributed by atoms with E-state index in [9.17, 15) is 19.5 Å². The zero-order valence-corrected chi connectivity index (χ0v) is 19.1. The smallest absolute Gasteiger partial charge is 0.407 e. The number of alkyl carbamates (subject to hydrolysis) is 1. The maximum atomic E-state index is 15.2. The molecule has 4 unspecified atom stereocenters. The molecule has 2 N–H and O–H groups in total. The Balaban J connectivity index is 1.43. The van der Waals surface area contributed by atoms with Crippen LogP contribution in [0.1, 0.15) is 56.9 Å². The van der Waals surface area contributed by atoms with Gasteiger partial charge in [-0.2, -0.15) is 0 Å². The number of nitrogens with zero attached hydrogens (tertiary/aromatic N) is 2. The van der Waals surface area contributed by atoms with Crippen LogP contribution in [0.5, 0.6) is 0 Å². The molecule has 1 saturated heterocycles. The topological polar surface area (TPSA) is 101 Å². The maximum absolute atomic E-state index is 15.2. The van der Waals surface area contributed by atoms with Crippen LogP contribution in [0.2, 0.25) is 0 Å². The lowest BCUT2D eigenvalue weighted by atomic mass is 10.1. The zero-order valence-electron chi connectivity index (χ0n) is 19.1. The summed E-state index contributed by atoms with van der Waals surface area (Å²) < 4.78 is 22.4. The molecule has 3 fully saturated rings. The first-order valence-electron chi connectivity index (χ1n) is 11.3. The first-order valence-corrected chi connectivity index (χ1v) is 11.3. The van der Waals surface area contributed by atoms with Gasteiger partial charge >= 0.3 is 12.1 Å². The van der Waals surface area contributed by atoms with Crippen molar-refractivity contribution < 1.29 is 23.8 Å². The molecule has 1 aromatic carbocycles. The van der Waals surface area contributed by atoms with Gasteiger partial charge in [0.25, 0.3) is 0 Å². The molecule has 1 aromatic heterocycles. The number of carbonyl (C=O) groups excluding carboxylic acids is 1. The summed E-state index contributed by atoms with van der Waals surface area (Å²) in [5, 5.41) is 12.4. The first kappa shape index (κ1) is 21.7. The van der Waals surface area contributed by atoms with Crippen molar-refractivity contribution in [2.75, 3.05) is 11.4 Å². The molecule has 1 aliphatic heterocycles. The van der Waals surface area contributed by atoms with Crippen molar-refractivity contribution in [1.29, 1.82) is 0 Å². The minimum atomic E-state index is -1.31. The molecule has 5 rings (SSSR count). The molecule has 4 atom stereocenters. The van der Waals surface area contributed by atoms with Crippen LogP contribution < -0.4 is 15.6 Å². The summed E-state index contributed by atoms with van der Waals surface area (Å²) in [5.41, 5.74) is -0.625. The van der Waals surface area contributed by atoms with Crippen LogP contribution in [-0.4, -0.2) is 46.0 Å². The van der Waals surface area contributed by atoms with E-state index in [0.29, 0.717) is 17.7 Å². The highest BCUT2D eigenvalue weighted by molar-refractivity contribution is 5.93. The number of aromatic nitrogens is 1. The number of piperidine rings is 1. The fourth-order valence-electron chi connectivity index (χ4n) is 5.25. The van der Waals surface area contributed by atoms with Crippen LogP contribution in [0.4, 0.5) is 14.9 Å². The van der Waals surface area contributed by atoms with Gasteiger partial charge in [-0.15, -0.1) is 0 Å². The molecule has 2 aromatic rings. The van der Waals surface area contributed by atoms with Gasteiger partial charge in [-0.3, -0.25) is 4.79 Å². The maximum Gasteiger partial charge on any atom is 0.407 e. The number of carbonyl (C=O) groups is 2. The fraction of sp³-hybridized carbons (Fsp3) is 0.542. The Bertz CT molecular complexity index is 1230. The average Bonchev–Trinajstić information content (AvgIpc) is 3.60. The summed E-state index contributed by atoms with van der Waals surface area (Å²) in [4.78, 5) is 38.3. The normalized spacial score (nSPS) is 26.3. The van der Waals surface area contributed by atoms with Gasteiger partial charge in [-0.25, -0.2) is 14.0 Å². The van der Waals surface area contributed by atoms with Crippen LogP contribution in [0.15, 0.2) is 23.1 Å². The van der Waals surface area contributed by atoms with Gasteiger partial charge < -0.3 is 24.6 Å². The zero-order chi connectivity index (χ0) is 23.8. The number of hydrogen-bond donors (Lipinski definition) is 2. The van der Waals surface area contributed by atoms with E-state index in [2.05, 4.69) is 5.32 Å². The van der Waals surface area contributed by atoms with Crippen molar-refractivity contribution in [3.8, 4) is 0 Å². The summed E-state index contributed by atoms with van der Waals surface area (Å²) in [5.74, 6) is -1.47. The van der Waals surface area contributed by atoms with Crippen molar-refractivity contribution in [2.45, 2.75) is 64.3 Å². The number of carboxylic acid groups (broad SMARTS) is 1. The summed E-state index contributed by atoms with van der Waals surface area (Å²) in [6.45, 7) is 8.03. The number of pyridine rings is 1. The van der Waals surface area contributed by atoms with E-state index in [1.54, 1.807) is 10.6 Å². The van der Waals surface area contributed by atoms with E-state index >= 15 is 4.39 Å². The number of benzene rings is 1. The minimum Gasteiger partial charge on any atom is -0.477 e. The highest BCUT2D eigenvalue weighted by atomic mass is 19.1. The van der Waals surface area contributed by atoms with Crippen molar-refractivity contribution in [2.24, 2.45) is 11.8 Å². The van der Waals surface area contributed by atoms with Crippen LogP contribution in [-0.2, 0) is 4.74 Å². The van der Waals surface area contributed by atoms with Crippen molar-refractivity contribution in [3.05, 3.63) is 39.9 Å². The number of amides is 1. The number of anilines is 1. The second kappa shape index (κ2) is 7.20. The summed E-state index contributed by atoms with van der Waals surface area (Å²) in [6, 6.07) is 2.95. The van der Waals surface area contributed by atoms with Gasteiger partial charge in [0.15, 0.2) is 0 Å². The molecule has 176 valence electrons. The largest absolute Gasteiger partial charge is 0.477 e. The number of fused-ring (bicyclic) bond motifs is 2. The molecule has 3 aliphatic rings. The molecule has 0 bridgehead atoms. The third-order valence-electron chi connectivity index (χ3n) is 6.95. The lowest BCUT2D eigenvalue weighted by Crippen LogP contribution is -2.41. The van der Waals surface area contributed by atoms with Gasteiger partial charge in [-0.1, -0.05) is 0 Å². The average molecular weight is 458 g/mol. The second-order valence-corrected chi connectivity index (χ2v) is 10.4. The SMILES string of the molecule is CC1C2C(CN1c1cc3c(cc1F)c(=O)c(C(=O)O)cn3C1CC1)C2NC(=O)OC(C)(C)C. The fourth-order valence-corrected chi connectivity index (χ4v) is 5.25. The van der Waals surface area contributed by atoms with Gasteiger partial charge in [0.2, 0.25) is 5.43 Å². The molecular formula is C24H28FN3O5. The van der Waals surface area contributed by atoms with Crippen molar-refractivity contribution >= 4 is 28.7 Å². The van der Waals surface area contributed by atoms with E-state index in [1.165, 1.54) is 12.3 Å². The van der Waals surface area contributed by atoms with E-state index < -0.39 is 28.9 Å². The van der Waals surface area contributed by atoms with Crippen LogP contribution in [0.25, 0.3) is 10.9 Å². The molecule has 2 heterocycles. The Morgan fingerprint density at radius 1 is 1.24 bits per heavy atom. The summed E-state index contributed by atoms with van der Waals surface area (Å²) in [6.07, 6.45) is 2.73. The lowest BCUT2D eigenvalue weighted by Gasteiger charge is -2.30. The molecule has 0 spiro atoms. The molecule has 2 saturated carbocycles. The molecule has 0 radical (unpaired) electrons. The van der Waals surface area contributed by atoms with Gasteiger partial charge in [-0.05, 0) is 52.7 Å². The van der Waals surface area contributed by atoms with E-state index in [0.717, 1.165) is 12.8 Å². The number of aromatic carboxylic acids is 1. The Morgan fingerprint density at radius 3 is 2.48 bits per heavy atom. The Hall–Kier alpha value is -3.10.